The summed E-state index contributed by atoms with van der Waals surface area (Å²) in [6.45, 7) is 3.36. The highest BCUT2D eigenvalue weighted by atomic mass is 19.3. The maximum absolute atomic E-state index is 13.0. The SMILES string of the molecule is COc1ccc2c(C(=O)Nc3cc(-c4cnn(CC(F)F)c4)c(C)cc3C)cnn2c1. The van der Waals surface area contributed by atoms with Crippen LogP contribution in [-0.4, -0.2) is 38.8 Å². The van der Waals surface area contributed by atoms with Crippen molar-refractivity contribution in [3.8, 4) is 16.9 Å². The molecule has 0 saturated heterocycles. The quantitative estimate of drug-likeness (QED) is 0.499. The van der Waals surface area contributed by atoms with Crippen molar-refractivity contribution in [2.45, 2.75) is 26.8 Å². The molecule has 0 saturated carbocycles. The Balaban J connectivity index is 1.63. The maximum atomic E-state index is 13.0. The van der Waals surface area contributed by atoms with Gasteiger partial charge >= 0.3 is 0 Å². The minimum absolute atomic E-state index is 0.300. The average molecular weight is 425 g/mol. The Morgan fingerprint density at radius 2 is 1.94 bits per heavy atom. The number of aromatic nitrogens is 4. The van der Waals surface area contributed by atoms with Gasteiger partial charge in [0, 0.05) is 17.4 Å². The number of carbonyl (C=O) groups excluding carboxylic acids is 1. The molecule has 0 aliphatic heterocycles. The summed E-state index contributed by atoms with van der Waals surface area (Å²) in [7, 11) is 1.56. The summed E-state index contributed by atoms with van der Waals surface area (Å²) in [6.07, 6.45) is 3.84. The van der Waals surface area contributed by atoms with Crippen molar-refractivity contribution in [1.29, 1.82) is 0 Å². The van der Waals surface area contributed by atoms with E-state index in [-0.39, 0.29) is 5.91 Å². The summed E-state index contributed by atoms with van der Waals surface area (Å²) in [6, 6.07) is 7.31. The smallest absolute Gasteiger partial charge is 0.259 e. The average Bonchev–Trinajstić information content (AvgIpc) is 3.35. The number of pyridine rings is 1. The topological polar surface area (TPSA) is 73.4 Å². The van der Waals surface area contributed by atoms with E-state index in [1.165, 1.54) is 10.9 Å². The number of hydrogen-bond acceptors (Lipinski definition) is 4. The van der Waals surface area contributed by atoms with Gasteiger partial charge in [0.1, 0.15) is 12.3 Å². The van der Waals surface area contributed by atoms with Crippen LogP contribution in [-0.2, 0) is 6.54 Å². The number of alkyl halides is 2. The summed E-state index contributed by atoms with van der Waals surface area (Å²) in [5.74, 6) is 0.334. The number of anilines is 1. The van der Waals surface area contributed by atoms with Crippen LogP contribution in [0.25, 0.3) is 16.6 Å². The molecule has 1 amide bonds. The van der Waals surface area contributed by atoms with Gasteiger partial charge in [0.05, 0.1) is 36.8 Å². The van der Waals surface area contributed by atoms with Gasteiger partial charge in [-0.2, -0.15) is 10.2 Å². The summed E-state index contributed by atoms with van der Waals surface area (Å²) in [5.41, 5.74) is 5.05. The van der Waals surface area contributed by atoms with E-state index >= 15 is 0 Å². The molecular weight excluding hydrogens is 404 g/mol. The molecule has 1 aromatic carbocycles. The van der Waals surface area contributed by atoms with E-state index < -0.39 is 13.0 Å². The van der Waals surface area contributed by atoms with Gasteiger partial charge in [-0.1, -0.05) is 6.07 Å². The van der Waals surface area contributed by atoms with Crippen molar-refractivity contribution >= 4 is 17.1 Å². The highest BCUT2D eigenvalue weighted by molar-refractivity contribution is 6.09. The van der Waals surface area contributed by atoms with Crippen LogP contribution in [0.15, 0.2) is 49.1 Å². The molecule has 3 heterocycles. The van der Waals surface area contributed by atoms with E-state index in [1.54, 1.807) is 42.3 Å². The van der Waals surface area contributed by atoms with Gasteiger partial charge < -0.3 is 10.1 Å². The van der Waals surface area contributed by atoms with Gasteiger partial charge in [-0.05, 0) is 48.7 Å². The molecule has 4 rings (SSSR count). The molecule has 0 atom stereocenters. The summed E-state index contributed by atoms with van der Waals surface area (Å²) in [4.78, 5) is 13.0. The Bertz CT molecular complexity index is 1260. The predicted octanol–water partition coefficient (Wildman–Crippen LogP) is 4.34. The van der Waals surface area contributed by atoms with Gasteiger partial charge in [-0.25, -0.2) is 13.3 Å². The standard InChI is InChI=1S/C22H21F2N5O2/c1-13-6-14(2)19(7-17(13)15-8-25-28(10-15)12-21(23)24)27-22(30)18-9-26-29-11-16(31-3)4-5-20(18)29/h4-11,21H,12H2,1-3H3,(H,27,30). The van der Waals surface area contributed by atoms with Crippen LogP contribution in [0, 0.1) is 13.8 Å². The summed E-state index contributed by atoms with van der Waals surface area (Å²) < 4.78 is 33.3. The highest BCUT2D eigenvalue weighted by Gasteiger charge is 2.16. The van der Waals surface area contributed by atoms with Crippen LogP contribution in [0.2, 0.25) is 0 Å². The number of hydrogen-bond donors (Lipinski definition) is 1. The molecule has 3 aromatic heterocycles. The first kappa shape index (κ1) is 20.5. The third-order valence-electron chi connectivity index (χ3n) is 5.06. The van der Waals surface area contributed by atoms with E-state index in [2.05, 4.69) is 15.5 Å². The zero-order chi connectivity index (χ0) is 22.1. The van der Waals surface area contributed by atoms with E-state index in [4.69, 9.17) is 4.74 Å². The van der Waals surface area contributed by atoms with Crippen LogP contribution in [0.4, 0.5) is 14.5 Å². The molecule has 31 heavy (non-hydrogen) atoms. The molecule has 4 aromatic rings. The summed E-state index contributed by atoms with van der Waals surface area (Å²) in [5, 5.41) is 11.2. The lowest BCUT2D eigenvalue weighted by Gasteiger charge is -2.12. The number of nitrogens with zero attached hydrogens (tertiary/aromatic N) is 4. The second-order valence-corrected chi connectivity index (χ2v) is 7.24. The molecular formula is C22H21F2N5O2. The fourth-order valence-electron chi connectivity index (χ4n) is 3.49. The zero-order valence-electron chi connectivity index (χ0n) is 17.3. The fourth-order valence-corrected chi connectivity index (χ4v) is 3.49. The third kappa shape index (κ3) is 4.11. The number of nitrogens with one attached hydrogen (secondary N) is 1. The van der Waals surface area contributed by atoms with Crippen molar-refractivity contribution in [2.75, 3.05) is 12.4 Å². The van der Waals surface area contributed by atoms with Crippen molar-refractivity contribution < 1.29 is 18.3 Å². The Morgan fingerprint density at radius 3 is 2.68 bits per heavy atom. The third-order valence-corrected chi connectivity index (χ3v) is 5.06. The monoisotopic (exact) mass is 425 g/mol. The second kappa shape index (κ2) is 8.17. The highest BCUT2D eigenvalue weighted by Crippen LogP contribution is 2.30. The van der Waals surface area contributed by atoms with Crippen molar-refractivity contribution in [1.82, 2.24) is 19.4 Å². The van der Waals surface area contributed by atoms with Crippen LogP contribution in [0.1, 0.15) is 21.5 Å². The molecule has 160 valence electrons. The minimum Gasteiger partial charge on any atom is -0.495 e. The molecule has 7 nitrogen and oxygen atoms in total. The first-order chi connectivity index (χ1) is 14.9. The lowest BCUT2D eigenvalue weighted by Crippen LogP contribution is -2.13. The van der Waals surface area contributed by atoms with Gasteiger partial charge in [0.15, 0.2) is 0 Å². The molecule has 0 spiro atoms. The zero-order valence-corrected chi connectivity index (χ0v) is 17.3. The normalized spacial score (nSPS) is 11.3. The second-order valence-electron chi connectivity index (χ2n) is 7.24. The first-order valence-corrected chi connectivity index (χ1v) is 9.60. The Kier molecular flexibility index (Phi) is 5.41. The van der Waals surface area contributed by atoms with Gasteiger partial charge in [-0.15, -0.1) is 0 Å². The van der Waals surface area contributed by atoms with E-state index in [1.807, 2.05) is 26.0 Å². The number of amides is 1. The van der Waals surface area contributed by atoms with Crippen molar-refractivity contribution in [2.24, 2.45) is 0 Å². The lowest BCUT2D eigenvalue weighted by molar-refractivity contribution is 0.102. The molecule has 1 N–H and O–H groups in total. The number of carbonyl (C=O) groups is 1. The largest absolute Gasteiger partial charge is 0.495 e. The minimum atomic E-state index is -2.48. The van der Waals surface area contributed by atoms with Crippen LogP contribution in [0.5, 0.6) is 5.75 Å². The first-order valence-electron chi connectivity index (χ1n) is 9.60. The fraction of sp³-hybridized carbons (Fsp3) is 0.227. The maximum Gasteiger partial charge on any atom is 0.259 e. The summed E-state index contributed by atoms with van der Waals surface area (Å²) >= 11 is 0. The molecule has 0 fully saturated rings. The van der Waals surface area contributed by atoms with Crippen LogP contribution < -0.4 is 10.1 Å². The molecule has 0 bridgehead atoms. The molecule has 0 aliphatic rings. The number of rotatable bonds is 6. The van der Waals surface area contributed by atoms with Gasteiger partial charge in [-0.3, -0.25) is 9.48 Å². The van der Waals surface area contributed by atoms with Gasteiger partial charge in [0.2, 0.25) is 0 Å². The Labute approximate surface area is 177 Å². The number of aryl methyl sites for hydroxylation is 2. The molecule has 0 aliphatic carbocycles. The Morgan fingerprint density at radius 1 is 1.13 bits per heavy atom. The molecule has 0 unspecified atom stereocenters. The Hall–Kier alpha value is -3.75. The number of methoxy groups -OCH3 is 1. The molecule has 0 radical (unpaired) electrons. The van der Waals surface area contributed by atoms with E-state index in [9.17, 15) is 13.6 Å². The number of fused-ring (bicyclic) bond motifs is 1. The number of benzene rings is 1. The lowest BCUT2D eigenvalue weighted by atomic mass is 9.99. The van der Waals surface area contributed by atoms with Crippen LogP contribution >= 0.6 is 0 Å². The predicted molar refractivity (Wildman–Crippen MR) is 113 cm³/mol. The number of ether oxygens (including phenoxy) is 1. The van der Waals surface area contributed by atoms with Crippen molar-refractivity contribution in [3.05, 3.63) is 65.7 Å². The number of halogens is 2. The van der Waals surface area contributed by atoms with Gasteiger partial charge in [0.25, 0.3) is 12.3 Å². The van der Waals surface area contributed by atoms with E-state index in [0.717, 1.165) is 16.7 Å². The van der Waals surface area contributed by atoms with E-state index in [0.29, 0.717) is 28.1 Å². The van der Waals surface area contributed by atoms with Crippen molar-refractivity contribution in [3.63, 3.8) is 0 Å². The van der Waals surface area contributed by atoms with Crippen LogP contribution in [0.3, 0.4) is 0 Å². The molecule has 9 heteroatoms.